The average Bonchev–Trinajstić information content (AvgIpc) is 2.38. The van der Waals surface area contributed by atoms with Crippen LogP contribution in [0.2, 0.25) is 0 Å². The van der Waals surface area contributed by atoms with Crippen molar-refractivity contribution in [2.24, 2.45) is 5.16 Å². The lowest BCUT2D eigenvalue weighted by Crippen LogP contribution is -2.33. The topological polar surface area (TPSA) is 70.9 Å². The lowest BCUT2D eigenvalue weighted by atomic mass is 10.1. The molecule has 0 radical (unpaired) electrons. The molecule has 0 bridgehead atoms. The van der Waals surface area contributed by atoms with Gasteiger partial charge in [-0.15, -0.1) is 0 Å². The highest BCUT2D eigenvalue weighted by molar-refractivity contribution is 6.00. The van der Waals surface area contributed by atoms with E-state index in [0.29, 0.717) is 25.1 Å². The minimum Gasteiger partial charge on any atom is -0.444 e. The number of carbonyl (C=O) groups is 1. The lowest BCUT2D eigenvalue weighted by Gasteiger charge is -2.19. The fraction of sp³-hybridized carbons (Fsp3) is 0.467. The molecule has 1 aromatic rings. The van der Waals surface area contributed by atoms with Crippen LogP contribution in [0.25, 0.3) is 0 Å². The first-order valence-electron chi connectivity index (χ1n) is 6.65. The Hall–Kier alpha value is -2.04. The standard InChI is InChI=1S/C15H22N2O3/c1-15(2,3)20-14(18)16-11-7-10-13(17-19)12-8-5-4-6-9-12/h4-6,8-9,19H,7,10-11H2,1-3H3,(H,16,18). The highest BCUT2D eigenvalue weighted by Gasteiger charge is 2.15. The van der Waals surface area contributed by atoms with Crippen molar-refractivity contribution in [3.63, 3.8) is 0 Å². The Bertz CT molecular complexity index is 450. The van der Waals surface area contributed by atoms with E-state index in [0.717, 1.165) is 5.56 Å². The summed E-state index contributed by atoms with van der Waals surface area (Å²) in [5, 5.41) is 15.0. The van der Waals surface area contributed by atoms with Crippen molar-refractivity contribution >= 4 is 11.8 Å². The van der Waals surface area contributed by atoms with Gasteiger partial charge in [-0.05, 0) is 39.2 Å². The number of benzene rings is 1. The SMILES string of the molecule is CC(C)(C)OC(=O)NCCCC(=NO)c1ccccc1. The first-order valence-corrected chi connectivity index (χ1v) is 6.65. The van der Waals surface area contributed by atoms with E-state index in [1.165, 1.54) is 0 Å². The van der Waals surface area contributed by atoms with E-state index >= 15 is 0 Å². The molecule has 0 aliphatic carbocycles. The zero-order valence-electron chi connectivity index (χ0n) is 12.2. The number of rotatable bonds is 5. The van der Waals surface area contributed by atoms with Gasteiger partial charge in [0.25, 0.3) is 0 Å². The van der Waals surface area contributed by atoms with Gasteiger partial charge >= 0.3 is 6.09 Å². The van der Waals surface area contributed by atoms with Gasteiger partial charge in [-0.3, -0.25) is 0 Å². The second-order valence-corrected chi connectivity index (χ2v) is 5.44. The third-order valence-electron chi connectivity index (χ3n) is 2.49. The maximum atomic E-state index is 11.4. The predicted molar refractivity (Wildman–Crippen MR) is 78.2 cm³/mol. The Labute approximate surface area is 119 Å². The second-order valence-electron chi connectivity index (χ2n) is 5.44. The zero-order valence-corrected chi connectivity index (χ0v) is 12.2. The molecule has 110 valence electrons. The molecule has 0 fully saturated rings. The fourth-order valence-corrected chi connectivity index (χ4v) is 1.64. The van der Waals surface area contributed by atoms with Crippen LogP contribution in [0.1, 0.15) is 39.2 Å². The Morgan fingerprint density at radius 3 is 2.50 bits per heavy atom. The molecule has 0 saturated carbocycles. The maximum Gasteiger partial charge on any atom is 0.407 e. The summed E-state index contributed by atoms with van der Waals surface area (Å²) >= 11 is 0. The summed E-state index contributed by atoms with van der Waals surface area (Å²) in [5.74, 6) is 0. The molecule has 1 aromatic carbocycles. The number of alkyl carbamates (subject to hydrolysis) is 1. The molecule has 0 aliphatic rings. The monoisotopic (exact) mass is 278 g/mol. The van der Waals surface area contributed by atoms with E-state index in [4.69, 9.17) is 9.94 Å². The Balaban J connectivity index is 2.32. The number of ether oxygens (including phenoxy) is 1. The quantitative estimate of drug-likeness (QED) is 0.376. The fourth-order valence-electron chi connectivity index (χ4n) is 1.64. The summed E-state index contributed by atoms with van der Waals surface area (Å²) in [6, 6.07) is 9.45. The third-order valence-corrected chi connectivity index (χ3v) is 2.49. The highest BCUT2D eigenvalue weighted by Crippen LogP contribution is 2.08. The molecule has 0 unspecified atom stereocenters. The van der Waals surface area contributed by atoms with E-state index in [2.05, 4.69) is 10.5 Å². The minimum atomic E-state index is -0.494. The smallest absolute Gasteiger partial charge is 0.407 e. The third kappa shape index (κ3) is 6.22. The summed E-state index contributed by atoms with van der Waals surface area (Å²) in [7, 11) is 0. The number of hydrogen-bond acceptors (Lipinski definition) is 4. The van der Waals surface area contributed by atoms with Crippen LogP contribution in [0.5, 0.6) is 0 Å². The van der Waals surface area contributed by atoms with E-state index < -0.39 is 11.7 Å². The molecule has 5 nitrogen and oxygen atoms in total. The number of nitrogens with one attached hydrogen (secondary N) is 1. The highest BCUT2D eigenvalue weighted by atomic mass is 16.6. The molecular formula is C15H22N2O3. The van der Waals surface area contributed by atoms with Crippen LogP contribution in [0.4, 0.5) is 4.79 Å². The molecule has 0 spiro atoms. The van der Waals surface area contributed by atoms with Crippen LogP contribution in [0, 0.1) is 0 Å². The molecule has 2 N–H and O–H groups in total. The molecule has 20 heavy (non-hydrogen) atoms. The summed E-state index contributed by atoms with van der Waals surface area (Å²) < 4.78 is 5.13. The molecule has 5 heteroatoms. The minimum absolute atomic E-state index is 0.431. The largest absolute Gasteiger partial charge is 0.444 e. The predicted octanol–water partition coefficient (Wildman–Crippen LogP) is 3.17. The van der Waals surface area contributed by atoms with Crippen LogP contribution < -0.4 is 5.32 Å². The lowest BCUT2D eigenvalue weighted by molar-refractivity contribution is 0.0527. The van der Waals surface area contributed by atoms with Gasteiger partial charge in [-0.1, -0.05) is 35.5 Å². The Kier molecular flexibility index (Phi) is 6.03. The van der Waals surface area contributed by atoms with E-state index in [9.17, 15) is 4.79 Å². The van der Waals surface area contributed by atoms with E-state index in [1.54, 1.807) is 0 Å². The van der Waals surface area contributed by atoms with Crippen molar-refractivity contribution in [2.75, 3.05) is 6.54 Å². The summed E-state index contributed by atoms with van der Waals surface area (Å²) in [4.78, 5) is 11.4. The summed E-state index contributed by atoms with van der Waals surface area (Å²) in [6.07, 6.45) is 0.823. The maximum absolute atomic E-state index is 11.4. The molecule has 1 rings (SSSR count). The van der Waals surface area contributed by atoms with Crippen LogP contribution in [-0.4, -0.2) is 29.2 Å². The normalized spacial score (nSPS) is 12.1. The van der Waals surface area contributed by atoms with Crippen LogP contribution in [0.3, 0.4) is 0 Å². The van der Waals surface area contributed by atoms with Gasteiger partial charge in [0.1, 0.15) is 5.60 Å². The van der Waals surface area contributed by atoms with Gasteiger partial charge in [-0.2, -0.15) is 0 Å². The summed E-state index contributed by atoms with van der Waals surface area (Å²) in [5.41, 5.74) is 0.995. The zero-order chi connectivity index (χ0) is 15.0. The van der Waals surface area contributed by atoms with Crippen molar-refractivity contribution in [2.45, 2.75) is 39.2 Å². The van der Waals surface area contributed by atoms with Gasteiger partial charge in [0, 0.05) is 6.54 Å². The van der Waals surface area contributed by atoms with Gasteiger partial charge < -0.3 is 15.3 Å². The average molecular weight is 278 g/mol. The van der Waals surface area contributed by atoms with Crippen LogP contribution in [0.15, 0.2) is 35.5 Å². The van der Waals surface area contributed by atoms with Crippen molar-refractivity contribution in [1.29, 1.82) is 0 Å². The van der Waals surface area contributed by atoms with Gasteiger partial charge in [-0.25, -0.2) is 4.79 Å². The van der Waals surface area contributed by atoms with Crippen molar-refractivity contribution in [1.82, 2.24) is 5.32 Å². The van der Waals surface area contributed by atoms with Crippen molar-refractivity contribution < 1.29 is 14.7 Å². The van der Waals surface area contributed by atoms with Crippen LogP contribution in [-0.2, 0) is 4.74 Å². The van der Waals surface area contributed by atoms with Crippen molar-refractivity contribution in [3.8, 4) is 0 Å². The first kappa shape index (κ1) is 16.0. The van der Waals surface area contributed by atoms with Gasteiger partial charge in [0.15, 0.2) is 0 Å². The molecule has 0 heterocycles. The summed E-state index contributed by atoms with van der Waals surface area (Å²) in [6.45, 7) is 5.93. The molecule has 0 saturated heterocycles. The van der Waals surface area contributed by atoms with Gasteiger partial charge in [0.2, 0.25) is 0 Å². The van der Waals surface area contributed by atoms with E-state index in [1.807, 2.05) is 51.1 Å². The Morgan fingerprint density at radius 1 is 1.30 bits per heavy atom. The number of nitrogens with zero attached hydrogens (tertiary/aromatic N) is 1. The van der Waals surface area contributed by atoms with Gasteiger partial charge in [0.05, 0.1) is 5.71 Å². The number of hydrogen-bond donors (Lipinski definition) is 2. The molecule has 1 amide bonds. The molecular weight excluding hydrogens is 256 g/mol. The second kappa shape index (κ2) is 7.53. The first-order chi connectivity index (χ1) is 9.42. The van der Waals surface area contributed by atoms with Crippen molar-refractivity contribution in [3.05, 3.63) is 35.9 Å². The molecule has 0 atom stereocenters. The number of amides is 1. The van der Waals surface area contributed by atoms with E-state index in [-0.39, 0.29) is 0 Å². The molecule has 0 aliphatic heterocycles. The van der Waals surface area contributed by atoms with Crippen LogP contribution >= 0.6 is 0 Å². The number of carbonyl (C=O) groups excluding carboxylic acids is 1. The number of oxime groups is 1. The Morgan fingerprint density at radius 2 is 1.95 bits per heavy atom. The molecule has 0 aromatic heterocycles.